The van der Waals surface area contributed by atoms with Crippen molar-refractivity contribution < 1.29 is 4.42 Å². The highest BCUT2D eigenvalue weighted by Crippen LogP contribution is 2.31. The summed E-state index contributed by atoms with van der Waals surface area (Å²) < 4.78 is 7.00. The van der Waals surface area contributed by atoms with Gasteiger partial charge in [-0.1, -0.05) is 22.9 Å². The molecule has 1 aliphatic rings. The number of hydrogen-bond acceptors (Lipinski definition) is 3. The van der Waals surface area contributed by atoms with Crippen LogP contribution in [0.25, 0.3) is 11.0 Å². The van der Waals surface area contributed by atoms with E-state index in [4.69, 9.17) is 4.42 Å². The zero-order valence-electron chi connectivity index (χ0n) is 9.57. The minimum absolute atomic E-state index is 0.349. The van der Waals surface area contributed by atoms with Crippen molar-refractivity contribution in [2.75, 3.05) is 12.3 Å². The summed E-state index contributed by atoms with van der Waals surface area (Å²) in [5.74, 6) is 2.14. The molecule has 1 fully saturated rings. The van der Waals surface area contributed by atoms with Gasteiger partial charge < -0.3 is 9.73 Å². The lowest BCUT2D eigenvalue weighted by atomic mass is 10.2. The number of hydrogen-bond donors (Lipinski definition) is 1. The standard InChI is InChI=1S/C13H14BrNOS/c1-8-6-15-11(7-17-8)13-5-9-4-10(14)2-3-12(9)16-13/h2-5,8,11,15H,6-7H2,1H3. The summed E-state index contributed by atoms with van der Waals surface area (Å²) in [4.78, 5) is 0. The lowest BCUT2D eigenvalue weighted by molar-refractivity contribution is 0.449. The van der Waals surface area contributed by atoms with E-state index in [0.717, 1.165) is 28.1 Å². The highest BCUT2D eigenvalue weighted by atomic mass is 79.9. The van der Waals surface area contributed by atoms with Gasteiger partial charge in [-0.05, 0) is 24.3 Å². The van der Waals surface area contributed by atoms with Crippen LogP contribution in [0.1, 0.15) is 18.7 Å². The highest BCUT2D eigenvalue weighted by Gasteiger charge is 2.22. The van der Waals surface area contributed by atoms with Crippen LogP contribution in [0.15, 0.2) is 33.2 Å². The van der Waals surface area contributed by atoms with Gasteiger partial charge in [-0.25, -0.2) is 0 Å². The predicted molar refractivity (Wildman–Crippen MR) is 76.6 cm³/mol. The maximum absolute atomic E-state index is 5.90. The molecule has 2 heterocycles. The van der Waals surface area contributed by atoms with Gasteiger partial charge in [0.25, 0.3) is 0 Å². The third-order valence-corrected chi connectivity index (χ3v) is 4.79. The summed E-state index contributed by atoms with van der Waals surface area (Å²) in [5, 5.41) is 5.40. The first-order valence-electron chi connectivity index (χ1n) is 5.76. The molecule has 1 aromatic heterocycles. The predicted octanol–water partition coefficient (Wildman–Crippen LogP) is 3.96. The molecule has 1 N–H and O–H groups in total. The second-order valence-corrected chi connectivity index (χ2v) is 6.82. The van der Waals surface area contributed by atoms with E-state index in [2.05, 4.69) is 40.3 Å². The summed E-state index contributed by atoms with van der Waals surface area (Å²) in [5.41, 5.74) is 0.966. The van der Waals surface area contributed by atoms with Crippen LogP contribution in [-0.4, -0.2) is 17.5 Å². The molecule has 3 rings (SSSR count). The molecule has 4 heteroatoms. The van der Waals surface area contributed by atoms with E-state index in [9.17, 15) is 0 Å². The third kappa shape index (κ3) is 2.39. The van der Waals surface area contributed by atoms with Gasteiger partial charge in [-0.3, -0.25) is 0 Å². The van der Waals surface area contributed by atoms with Crippen LogP contribution in [-0.2, 0) is 0 Å². The van der Waals surface area contributed by atoms with Crippen molar-refractivity contribution in [3.63, 3.8) is 0 Å². The molecule has 0 bridgehead atoms. The van der Waals surface area contributed by atoms with E-state index in [1.54, 1.807) is 0 Å². The molecule has 0 amide bonds. The first-order chi connectivity index (χ1) is 8.22. The van der Waals surface area contributed by atoms with Gasteiger partial charge in [0.15, 0.2) is 0 Å². The second-order valence-electron chi connectivity index (χ2n) is 4.44. The Hall–Kier alpha value is -0.450. The monoisotopic (exact) mass is 311 g/mol. The van der Waals surface area contributed by atoms with Crippen LogP contribution in [0.5, 0.6) is 0 Å². The van der Waals surface area contributed by atoms with Gasteiger partial charge in [0.1, 0.15) is 11.3 Å². The fourth-order valence-corrected chi connectivity index (χ4v) is 3.47. The number of furan rings is 1. The quantitative estimate of drug-likeness (QED) is 0.863. The number of nitrogens with one attached hydrogen (secondary N) is 1. The van der Waals surface area contributed by atoms with E-state index in [1.165, 1.54) is 5.39 Å². The first kappa shape index (κ1) is 11.6. The lowest BCUT2D eigenvalue weighted by Crippen LogP contribution is -2.34. The molecule has 17 heavy (non-hydrogen) atoms. The third-order valence-electron chi connectivity index (χ3n) is 3.04. The molecule has 1 saturated heterocycles. The molecular formula is C13H14BrNOS. The number of halogens is 1. The van der Waals surface area contributed by atoms with Crippen molar-refractivity contribution in [3.8, 4) is 0 Å². The second kappa shape index (κ2) is 4.67. The number of thioether (sulfide) groups is 1. The van der Waals surface area contributed by atoms with Gasteiger partial charge >= 0.3 is 0 Å². The Morgan fingerprint density at radius 1 is 1.41 bits per heavy atom. The number of rotatable bonds is 1. The number of benzene rings is 1. The average Bonchev–Trinajstić information content (AvgIpc) is 2.72. The molecule has 2 nitrogen and oxygen atoms in total. The van der Waals surface area contributed by atoms with E-state index in [1.807, 2.05) is 23.9 Å². The van der Waals surface area contributed by atoms with Crippen molar-refractivity contribution in [1.82, 2.24) is 5.32 Å². The fraction of sp³-hybridized carbons (Fsp3) is 0.385. The van der Waals surface area contributed by atoms with Gasteiger partial charge in [-0.2, -0.15) is 11.8 Å². The largest absolute Gasteiger partial charge is 0.459 e. The van der Waals surface area contributed by atoms with Crippen LogP contribution in [0.4, 0.5) is 0 Å². The SMILES string of the molecule is CC1CNC(c2cc3cc(Br)ccc3o2)CS1. The molecule has 1 aromatic carbocycles. The summed E-state index contributed by atoms with van der Waals surface area (Å²) in [7, 11) is 0. The molecule has 1 aliphatic heterocycles. The van der Waals surface area contributed by atoms with Crippen molar-refractivity contribution in [3.05, 3.63) is 34.5 Å². The lowest BCUT2D eigenvalue weighted by Gasteiger charge is -2.25. The van der Waals surface area contributed by atoms with Crippen LogP contribution < -0.4 is 5.32 Å². The fourth-order valence-electron chi connectivity index (χ4n) is 2.08. The van der Waals surface area contributed by atoms with Crippen LogP contribution in [0, 0.1) is 0 Å². The van der Waals surface area contributed by atoms with E-state index in [0.29, 0.717) is 11.3 Å². The Morgan fingerprint density at radius 2 is 2.29 bits per heavy atom. The normalized spacial score (nSPS) is 25.3. The molecule has 0 spiro atoms. The molecule has 0 aliphatic carbocycles. The Bertz CT molecular complexity index is 531. The van der Waals surface area contributed by atoms with Crippen LogP contribution in [0.3, 0.4) is 0 Å². The molecule has 90 valence electrons. The maximum Gasteiger partial charge on any atom is 0.134 e. The molecule has 2 aromatic rings. The van der Waals surface area contributed by atoms with E-state index >= 15 is 0 Å². The Balaban J connectivity index is 1.90. The van der Waals surface area contributed by atoms with E-state index < -0.39 is 0 Å². The minimum Gasteiger partial charge on any atom is -0.459 e. The Labute approximate surface area is 113 Å². The zero-order valence-corrected chi connectivity index (χ0v) is 12.0. The Morgan fingerprint density at radius 3 is 3.06 bits per heavy atom. The summed E-state index contributed by atoms with van der Waals surface area (Å²) >= 11 is 5.49. The highest BCUT2D eigenvalue weighted by molar-refractivity contribution is 9.10. The first-order valence-corrected chi connectivity index (χ1v) is 7.60. The average molecular weight is 312 g/mol. The van der Waals surface area contributed by atoms with Crippen molar-refractivity contribution >= 4 is 38.7 Å². The zero-order chi connectivity index (χ0) is 11.8. The van der Waals surface area contributed by atoms with Crippen molar-refractivity contribution in [2.45, 2.75) is 18.2 Å². The molecule has 0 saturated carbocycles. The van der Waals surface area contributed by atoms with Gasteiger partial charge in [0.2, 0.25) is 0 Å². The van der Waals surface area contributed by atoms with Crippen molar-refractivity contribution in [1.29, 1.82) is 0 Å². The molecule has 0 radical (unpaired) electrons. The summed E-state index contributed by atoms with van der Waals surface area (Å²) in [6.45, 7) is 3.31. The van der Waals surface area contributed by atoms with Gasteiger partial charge in [0.05, 0.1) is 6.04 Å². The summed E-state index contributed by atoms with van der Waals surface area (Å²) in [6, 6.07) is 8.62. The maximum atomic E-state index is 5.90. The van der Waals surface area contributed by atoms with Gasteiger partial charge in [-0.15, -0.1) is 0 Å². The Kier molecular flexibility index (Phi) is 3.19. The smallest absolute Gasteiger partial charge is 0.134 e. The topological polar surface area (TPSA) is 25.2 Å². The van der Waals surface area contributed by atoms with Crippen molar-refractivity contribution in [2.24, 2.45) is 0 Å². The summed E-state index contributed by atoms with van der Waals surface area (Å²) in [6.07, 6.45) is 0. The van der Waals surface area contributed by atoms with Crippen LogP contribution >= 0.6 is 27.7 Å². The van der Waals surface area contributed by atoms with E-state index in [-0.39, 0.29) is 0 Å². The molecule has 2 atom stereocenters. The number of fused-ring (bicyclic) bond motifs is 1. The minimum atomic E-state index is 0.349. The molecule has 2 unspecified atom stereocenters. The van der Waals surface area contributed by atoms with Gasteiger partial charge in [0, 0.05) is 27.4 Å². The molecular weight excluding hydrogens is 298 g/mol. The van der Waals surface area contributed by atoms with Crippen LogP contribution in [0.2, 0.25) is 0 Å².